The Hall–Kier alpha value is -1.99. The molecule has 0 saturated heterocycles. The van der Waals surface area contributed by atoms with Crippen molar-refractivity contribution in [3.8, 4) is 0 Å². The van der Waals surface area contributed by atoms with E-state index in [4.69, 9.17) is 16.7 Å². The number of hydrogen-bond donors (Lipinski definition) is 2. The third-order valence-electron chi connectivity index (χ3n) is 2.16. The number of nitrogens with one attached hydrogen (secondary N) is 1. The average Bonchev–Trinajstić information content (AvgIpc) is 2.86. The van der Waals surface area contributed by atoms with Crippen molar-refractivity contribution in [1.82, 2.24) is 15.3 Å². The fourth-order valence-corrected chi connectivity index (χ4v) is 2.08. The van der Waals surface area contributed by atoms with Crippen molar-refractivity contribution < 1.29 is 14.7 Å². The van der Waals surface area contributed by atoms with Crippen LogP contribution in [-0.4, -0.2) is 27.0 Å². The van der Waals surface area contributed by atoms with Gasteiger partial charge in [0.2, 0.25) is 0 Å². The van der Waals surface area contributed by atoms with Crippen LogP contribution >= 0.6 is 22.9 Å². The van der Waals surface area contributed by atoms with Crippen LogP contribution in [0, 0.1) is 0 Å². The molecule has 2 N–H and O–H groups in total. The number of halogens is 1. The van der Waals surface area contributed by atoms with Gasteiger partial charge in [-0.25, -0.2) is 14.8 Å². The predicted molar refractivity (Wildman–Crippen MR) is 69.5 cm³/mol. The van der Waals surface area contributed by atoms with E-state index in [9.17, 15) is 9.59 Å². The van der Waals surface area contributed by atoms with Crippen LogP contribution in [-0.2, 0) is 6.54 Å². The van der Waals surface area contributed by atoms with Crippen molar-refractivity contribution in [2.75, 3.05) is 0 Å². The van der Waals surface area contributed by atoms with E-state index in [1.54, 1.807) is 6.07 Å². The predicted octanol–water partition coefficient (Wildman–Crippen LogP) is 1.82. The van der Waals surface area contributed by atoms with Gasteiger partial charge in [0.05, 0.1) is 12.1 Å². The lowest BCUT2D eigenvalue weighted by Crippen LogP contribution is -2.22. The van der Waals surface area contributed by atoms with Crippen molar-refractivity contribution >= 4 is 34.8 Å². The molecule has 0 unspecified atom stereocenters. The Bertz CT molecular complexity index is 612. The van der Waals surface area contributed by atoms with Gasteiger partial charge in [0.1, 0.15) is 10.2 Å². The van der Waals surface area contributed by atoms with Gasteiger partial charge in [0.25, 0.3) is 5.91 Å². The van der Waals surface area contributed by atoms with E-state index >= 15 is 0 Å². The van der Waals surface area contributed by atoms with Gasteiger partial charge in [0, 0.05) is 11.6 Å². The molecule has 1 amide bonds. The first-order valence-corrected chi connectivity index (χ1v) is 6.39. The van der Waals surface area contributed by atoms with E-state index in [2.05, 4.69) is 15.3 Å². The highest BCUT2D eigenvalue weighted by Gasteiger charge is 2.10. The summed E-state index contributed by atoms with van der Waals surface area (Å²) in [5.74, 6) is -1.41. The molecule has 0 aliphatic rings. The number of carbonyl (C=O) groups is 2. The number of aromatic carboxylic acids is 1. The SMILES string of the molecule is O=C(NCc1nc(C(=O)O)cs1)c1ccc(Cl)nc1. The Balaban J connectivity index is 1.96. The zero-order chi connectivity index (χ0) is 13.8. The third-order valence-corrected chi connectivity index (χ3v) is 3.23. The van der Waals surface area contributed by atoms with Crippen LogP contribution in [0.3, 0.4) is 0 Å². The highest BCUT2D eigenvalue weighted by molar-refractivity contribution is 7.09. The number of pyridine rings is 1. The van der Waals surface area contributed by atoms with Crippen LogP contribution in [0.15, 0.2) is 23.7 Å². The van der Waals surface area contributed by atoms with Crippen LogP contribution in [0.5, 0.6) is 0 Å². The Labute approximate surface area is 117 Å². The second-order valence-corrected chi connectivity index (χ2v) is 4.81. The van der Waals surface area contributed by atoms with Gasteiger partial charge in [-0.15, -0.1) is 11.3 Å². The number of carboxylic acid groups (broad SMARTS) is 1. The van der Waals surface area contributed by atoms with Gasteiger partial charge < -0.3 is 10.4 Å². The minimum absolute atomic E-state index is 0.0255. The van der Waals surface area contributed by atoms with Gasteiger partial charge in [0.15, 0.2) is 5.69 Å². The fraction of sp³-hybridized carbons (Fsp3) is 0.0909. The normalized spacial score (nSPS) is 10.2. The summed E-state index contributed by atoms with van der Waals surface area (Å²) in [6.45, 7) is 0.166. The summed E-state index contributed by atoms with van der Waals surface area (Å²) >= 11 is 6.79. The van der Waals surface area contributed by atoms with Gasteiger partial charge in [-0.3, -0.25) is 4.79 Å². The lowest BCUT2D eigenvalue weighted by atomic mass is 10.3. The molecule has 2 heterocycles. The Morgan fingerprint density at radius 3 is 2.79 bits per heavy atom. The summed E-state index contributed by atoms with van der Waals surface area (Å²) in [7, 11) is 0. The monoisotopic (exact) mass is 297 g/mol. The number of hydrogen-bond acceptors (Lipinski definition) is 5. The quantitative estimate of drug-likeness (QED) is 0.840. The van der Waals surface area contributed by atoms with Crippen LogP contribution in [0.1, 0.15) is 25.9 Å². The molecule has 2 rings (SSSR count). The summed E-state index contributed by atoms with van der Waals surface area (Å²) < 4.78 is 0. The maximum Gasteiger partial charge on any atom is 0.355 e. The zero-order valence-electron chi connectivity index (χ0n) is 9.46. The van der Waals surface area contributed by atoms with E-state index in [1.165, 1.54) is 29.0 Å². The van der Waals surface area contributed by atoms with Crippen molar-refractivity contribution in [3.05, 3.63) is 45.1 Å². The molecule has 0 aliphatic carbocycles. The molecule has 98 valence electrons. The number of carbonyl (C=O) groups excluding carboxylic acids is 1. The minimum atomic E-state index is -1.09. The molecule has 2 aromatic heterocycles. The standard InChI is InChI=1S/C11H8ClN3O3S/c12-8-2-1-6(3-13-8)10(16)14-4-9-15-7(5-19-9)11(17)18/h1-3,5H,4H2,(H,14,16)(H,17,18). The number of aromatic nitrogens is 2. The molecule has 0 radical (unpaired) electrons. The maximum absolute atomic E-state index is 11.7. The Morgan fingerprint density at radius 2 is 2.21 bits per heavy atom. The Kier molecular flexibility index (Phi) is 4.08. The molecular weight excluding hydrogens is 290 g/mol. The minimum Gasteiger partial charge on any atom is -0.476 e. The van der Waals surface area contributed by atoms with Crippen molar-refractivity contribution in [3.63, 3.8) is 0 Å². The molecule has 6 nitrogen and oxygen atoms in total. The smallest absolute Gasteiger partial charge is 0.355 e. The van der Waals surface area contributed by atoms with Crippen LogP contribution in [0.25, 0.3) is 0 Å². The summed E-state index contributed by atoms with van der Waals surface area (Å²) in [6.07, 6.45) is 1.36. The molecule has 0 aliphatic heterocycles. The second kappa shape index (κ2) is 5.77. The van der Waals surface area contributed by atoms with Crippen LogP contribution in [0.2, 0.25) is 5.15 Å². The van der Waals surface area contributed by atoms with Crippen LogP contribution in [0.4, 0.5) is 0 Å². The zero-order valence-corrected chi connectivity index (χ0v) is 11.0. The molecule has 0 saturated carbocycles. The molecule has 19 heavy (non-hydrogen) atoms. The number of thiazole rings is 1. The molecule has 2 aromatic rings. The van der Waals surface area contributed by atoms with Gasteiger partial charge in [-0.05, 0) is 12.1 Å². The maximum atomic E-state index is 11.7. The second-order valence-electron chi connectivity index (χ2n) is 3.48. The number of rotatable bonds is 4. The van der Waals surface area contributed by atoms with E-state index in [1.807, 2.05) is 0 Å². The van der Waals surface area contributed by atoms with Gasteiger partial charge in [-0.1, -0.05) is 11.6 Å². The number of carboxylic acids is 1. The topological polar surface area (TPSA) is 92.2 Å². The molecular formula is C11H8ClN3O3S. The average molecular weight is 298 g/mol. The largest absolute Gasteiger partial charge is 0.476 e. The highest BCUT2D eigenvalue weighted by atomic mass is 35.5. The molecule has 0 spiro atoms. The van der Waals surface area contributed by atoms with Crippen LogP contribution < -0.4 is 5.32 Å². The van der Waals surface area contributed by atoms with Crippen molar-refractivity contribution in [1.29, 1.82) is 0 Å². The van der Waals surface area contributed by atoms with Crippen molar-refractivity contribution in [2.24, 2.45) is 0 Å². The van der Waals surface area contributed by atoms with Gasteiger partial charge in [-0.2, -0.15) is 0 Å². The molecule has 0 aromatic carbocycles. The fourth-order valence-electron chi connectivity index (χ4n) is 1.26. The Morgan fingerprint density at radius 1 is 1.42 bits per heavy atom. The van der Waals surface area contributed by atoms with Crippen molar-refractivity contribution in [2.45, 2.75) is 6.54 Å². The first-order valence-electron chi connectivity index (χ1n) is 5.13. The third kappa shape index (κ3) is 3.49. The highest BCUT2D eigenvalue weighted by Crippen LogP contribution is 2.10. The summed E-state index contributed by atoms with van der Waals surface area (Å²) in [4.78, 5) is 30.0. The lowest BCUT2D eigenvalue weighted by molar-refractivity contribution is 0.0691. The number of amides is 1. The van der Waals surface area contributed by atoms with E-state index in [-0.39, 0.29) is 18.1 Å². The van der Waals surface area contributed by atoms with Gasteiger partial charge >= 0.3 is 5.97 Å². The first kappa shape index (κ1) is 13.4. The molecule has 0 bridgehead atoms. The molecule has 8 heteroatoms. The molecule has 0 atom stereocenters. The summed E-state index contributed by atoms with van der Waals surface area (Å²) in [5, 5.41) is 13.6. The van der Waals surface area contributed by atoms with E-state index in [0.717, 1.165) is 0 Å². The van der Waals surface area contributed by atoms with E-state index < -0.39 is 5.97 Å². The van der Waals surface area contributed by atoms with E-state index in [0.29, 0.717) is 15.7 Å². The lowest BCUT2D eigenvalue weighted by Gasteiger charge is -2.02. The molecule has 0 fully saturated rings. The number of nitrogens with zero attached hydrogens (tertiary/aromatic N) is 2. The summed E-state index contributed by atoms with van der Waals surface area (Å²) in [5.41, 5.74) is 0.349. The summed E-state index contributed by atoms with van der Waals surface area (Å²) in [6, 6.07) is 3.07. The first-order chi connectivity index (χ1) is 9.06.